The average molecular weight is 446 g/mol. The van der Waals surface area contributed by atoms with Crippen molar-refractivity contribution in [3.05, 3.63) is 46.2 Å². The molecule has 1 fully saturated rings. The molecule has 0 aliphatic heterocycles. The summed E-state index contributed by atoms with van der Waals surface area (Å²) in [6.45, 7) is 1.36. The molecule has 0 heterocycles. The lowest BCUT2D eigenvalue weighted by Gasteiger charge is -2.51. The van der Waals surface area contributed by atoms with Gasteiger partial charge in [-0.1, -0.05) is 12.1 Å². The number of hydrogen-bond donors (Lipinski definition) is 7. The van der Waals surface area contributed by atoms with Crippen molar-refractivity contribution in [2.45, 2.75) is 30.6 Å². The molecule has 0 unspecified atom stereocenters. The summed E-state index contributed by atoms with van der Waals surface area (Å²) in [5, 5.41) is 54.6. The van der Waals surface area contributed by atoms with Gasteiger partial charge < -0.3 is 31.3 Å². The second kappa shape index (κ2) is 6.87. The van der Waals surface area contributed by atoms with Crippen molar-refractivity contribution in [1.82, 2.24) is 5.48 Å². The number of nitrogens with one attached hydrogen (secondary N) is 1. The Bertz CT molecular complexity index is 1140. The van der Waals surface area contributed by atoms with Gasteiger partial charge in [0, 0.05) is 17.4 Å². The molecule has 1 aromatic carbocycles. The van der Waals surface area contributed by atoms with Crippen LogP contribution in [-0.4, -0.2) is 61.8 Å². The molecule has 5 atom stereocenters. The van der Waals surface area contributed by atoms with Crippen molar-refractivity contribution < 1.29 is 44.8 Å². The third-order valence-corrected chi connectivity index (χ3v) is 6.73. The molecule has 32 heavy (non-hydrogen) atoms. The van der Waals surface area contributed by atoms with E-state index in [0.29, 0.717) is 0 Å². The van der Waals surface area contributed by atoms with Gasteiger partial charge in [0.05, 0.1) is 24.3 Å². The van der Waals surface area contributed by atoms with Crippen LogP contribution in [0, 0.1) is 11.8 Å². The highest BCUT2D eigenvalue weighted by atomic mass is 16.6. The molecule has 1 amide bonds. The lowest BCUT2D eigenvalue weighted by atomic mass is 9.55. The summed E-state index contributed by atoms with van der Waals surface area (Å²) in [5.74, 6) is -8.35. The van der Waals surface area contributed by atoms with Gasteiger partial charge in [-0.25, -0.2) is 5.48 Å². The number of fused-ring (bicyclic) bond motifs is 3. The van der Waals surface area contributed by atoms with Crippen molar-refractivity contribution in [2.24, 2.45) is 17.6 Å². The molecular formula is C21H22N2O9. The zero-order chi connectivity index (χ0) is 23.7. The molecule has 3 aliphatic carbocycles. The Hall–Kier alpha value is -3.25. The van der Waals surface area contributed by atoms with Crippen LogP contribution in [0.25, 0.3) is 5.76 Å². The normalized spacial score (nSPS) is 34.1. The van der Waals surface area contributed by atoms with Gasteiger partial charge in [0.25, 0.3) is 5.91 Å². The standard InChI is InChI=1S/C21H22N2O9/c1-20(30)7-4-3-5-10(24)11(7)15(25)12-8(20)6-9-14(22)16(26)13(19(29)23-32-2)18(28)21(9,31)17(12)27/h3-5,8-9,14,24-25,28,30-31H,6,22H2,1-2H3,(H,23,29)/t8-,9-,14-,20+,21-/m0/s1. The average Bonchev–Trinajstić information content (AvgIpc) is 2.72. The van der Waals surface area contributed by atoms with E-state index in [1.165, 1.54) is 25.1 Å². The number of hydroxylamine groups is 1. The maximum Gasteiger partial charge on any atom is 0.282 e. The molecular weight excluding hydrogens is 424 g/mol. The summed E-state index contributed by atoms with van der Waals surface area (Å²) < 4.78 is 0. The number of carbonyl (C=O) groups is 3. The Labute approximate surface area is 181 Å². The molecule has 11 heteroatoms. The number of aliphatic hydroxyl groups excluding tert-OH is 2. The summed E-state index contributed by atoms with van der Waals surface area (Å²) >= 11 is 0. The van der Waals surface area contributed by atoms with Crippen LogP contribution in [0.3, 0.4) is 0 Å². The van der Waals surface area contributed by atoms with Gasteiger partial charge in [-0.3, -0.25) is 19.2 Å². The van der Waals surface area contributed by atoms with Gasteiger partial charge in [-0.2, -0.15) is 0 Å². The SMILES string of the molecule is CONC(=O)C1=C(O)[C@@]2(O)C(=O)C3=C(O)c4c(O)cccc4[C@@](C)(O)[C@H]3C[C@H]2[C@H](N)C1=O. The first-order valence-corrected chi connectivity index (χ1v) is 9.72. The molecule has 8 N–H and O–H groups in total. The monoisotopic (exact) mass is 446 g/mol. The second-order valence-corrected chi connectivity index (χ2v) is 8.35. The quantitative estimate of drug-likeness (QED) is 0.223. The third-order valence-electron chi connectivity index (χ3n) is 6.73. The summed E-state index contributed by atoms with van der Waals surface area (Å²) in [4.78, 5) is 43.0. The van der Waals surface area contributed by atoms with E-state index in [1.807, 2.05) is 5.48 Å². The number of Topliss-reactive ketones (excluding diaryl/α,β-unsaturated/α-hetero) is 2. The number of aromatic hydroxyl groups is 1. The van der Waals surface area contributed by atoms with Crippen LogP contribution < -0.4 is 11.2 Å². The predicted octanol–water partition coefficient (Wildman–Crippen LogP) is -0.782. The van der Waals surface area contributed by atoms with Crippen LogP contribution in [0.2, 0.25) is 0 Å². The van der Waals surface area contributed by atoms with Gasteiger partial charge in [-0.05, 0) is 25.0 Å². The minimum absolute atomic E-state index is 0.137. The van der Waals surface area contributed by atoms with Crippen LogP contribution in [-0.2, 0) is 24.8 Å². The molecule has 1 aromatic rings. The van der Waals surface area contributed by atoms with Gasteiger partial charge in [0.2, 0.25) is 5.78 Å². The molecule has 0 radical (unpaired) electrons. The molecule has 0 bridgehead atoms. The van der Waals surface area contributed by atoms with Gasteiger partial charge in [0.1, 0.15) is 22.8 Å². The fraction of sp³-hybridized carbons (Fsp3) is 0.381. The Morgan fingerprint density at radius 3 is 2.50 bits per heavy atom. The van der Waals surface area contributed by atoms with Crippen molar-refractivity contribution in [1.29, 1.82) is 0 Å². The molecule has 1 saturated carbocycles. The largest absolute Gasteiger partial charge is 0.508 e. The number of rotatable bonds is 2. The fourth-order valence-corrected chi connectivity index (χ4v) is 5.10. The summed E-state index contributed by atoms with van der Waals surface area (Å²) in [5.41, 5.74) is 1.74. The van der Waals surface area contributed by atoms with Crippen molar-refractivity contribution >= 4 is 23.2 Å². The predicted molar refractivity (Wildman–Crippen MR) is 107 cm³/mol. The number of carbonyl (C=O) groups excluding carboxylic acids is 3. The lowest BCUT2D eigenvalue weighted by Crippen LogP contribution is -2.66. The molecule has 4 rings (SSSR count). The van der Waals surface area contributed by atoms with Crippen LogP contribution in [0.4, 0.5) is 0 Å². The maximum atomic E-state index is 13.5. The molecule has 0 aromatic heterocycles. The van der Waals surface area contributed by atoms with E-state index in [4.69, 9.17) is 5.73 Å². The summed E-state index contributed by atoms with van der Waals surface area (Å²) in [6, 6.07) is 2.58. The van der Waals surface area contributed by atoms with E-state index >= 15 is 0 Å². The Balaban J connectivity index is 1.99. The van der Waals surface area contributed by atoms with E-state index in [-0.39, 0.29) is 17.5 Å². The third kappa shape index (κ3) is 2.53. The van der Waals surface area contributed by atoms with Crippen molar-refractivity contribution in [3.8, 4) is 5.75 Å². The second-order valence-electron chi connectivity index (χ2n) is 8.35. The molecule has 11 nitrogen and oxygen atoms in total. The van der Waals surface area contributed by atoms with E-state index in [2.05, 4.69) is 4.84 Å². The number of ketones is 2. The summed E-state index contributed by atoms with van der Waals surface area (Å²) in [7, 11) is 1.08. The van der Waals surface area contributed by atoms with E-state index in [0.717, 1.165) is 7.11 Å². The molecule has 3 aliphatic rings. The number of amides is 1. The summed E-state index contributed by atoms with van der Waals surface area (Å²) in [6.07, 6.45) is -0.292. The van der Waals surface area contributed by atoms with E-state index in [1.54, 1.807) is 0 Å². The van der Waals surface area contributed by atoms with E-state index in [9.17, 15) is 39.9 Å². The highest BCUT2D eigenvalue weighted by Crippen LogP contribution is 2.56. The number of aliphatic hydroxyl groups is 4. The first kappa shape index (κ1) is 22.0. The van der Waals surface area contributed by atoms with Crippen molar-refractivity contribution in [2.75, 3.05) is 7.11 Å². The highest BCUT2D eigenvalue weighted by Gasteiger charge is 2.65. The Kier molecular flexibility index (Phi) is 4.72. The molecule has 170 valence electrons. The first-order chi connectivity index (χ1) is 14.9. The number of nitrogens with two attached hydrogens (primary N) is 1. The minimum Gasteiger partial charge on any atom is -0.508 e. The van der Waals surface area contributed by atoms with Gasteiger partial charge in [-0.15, -0.1) is 0 Å². The topological polar surface area (TPSA) is 200 Å². The van der Waals surface area contributed by atoms with Gasteiger partial charge in [0.15, 0.2) is 11.4 Å². The smallest absolute Gasteiger partial charge is 0.282 e. The van der Waals surface area contributed by atoms with Crippen LogP contribution in [0.1, 0.15) is 24.5 Å². The minimum atomic E-state index is -2.83. The van der Waals surface area contributed by atoms with Crippen LogP contribution in [0.5, 0.6) is 5.75 Å². The zero-order valence-electron chi connectivity index (χ0n) is 17.1. The molecule has 0 spiro atoms. The molecule has 0 saturated heterocycles. The van der Waals surface area contributed by atoms with E-state index < -0.39 is 75.0 Å². The Morgan fingerprint density at radius 1 is 1.22 bits per heavy atom. The number of hydrogen-bond acceptors (Lipinski definition) is 10. The van der Waals surface area contributed by atoms with Crippen LogP contribution >= 0.6 is 0 Å². The first-order valence-electron chi connectivity index (χ1n) is 9.72. The van der Waals surface area contributed by atoms with Crippen molar-refractivity contribution in [3.63, 3.8) is 0 Å². The fourth-order valence-electron chi connectivity index (χ4n) is 5.10. The lowest BCUT2D eigenvalue weighted by molar-refractivity contribution is -0.155. The highest BCUT2D eigenvalue weighted by molar-refractivity contribution is 6.24. The van der Waals surface area contributed by atoms with Gasteiger partial charge >= 0.3 is 0 Å². The number of phenols is 1. The maximum absolute atomic E-state index is 13.5. The van der Waals surface area contributed by atoms with Crippen LogP contribution in [0.15, 0.2) is 35.1 Å². The number of phenolic OH excluding ortho intramolecular Hbond substituents is 1. The number of benzene rings is 1. The Morgan fingerprint density at radius 2 is 1.88 bits per heavy atom. The zero-order valence-corrected chi connectivity index (χ0v) is 17.1.